The monoisotopic (exact) mass is 396 g/mol. The van der Waals surface area contributed by atoms with Gasteiger partial charge in [0, 0.05) is 44.1 Å². The molecule has 1 amide bonds. The number of pyridine rings is 1. The quantitative estimate of drug-likeness (QED) is 0.794. The summed E-state index contributed by atoms with van der Waals surface area (Å²) in [5.41, 5.74) is 2.66. The van der Waals surface area contributed by atoms with Crippen LogP contribution >= 0.6 is 0 Å². The summed E-state index contributed by atoms with van der Waals surface area (Å²) < 4.78 is 13.1. The van der Waals surface area contributed by atoms with Crippen LogP contribution in [0.3, 0.4) is 0 Å². The van der Waals surface area contributed by atoms with E-state index in [-0.39, 0.29) is 17.8 Å². The molecule has 1 aliphatic heterocycles. The number of hydrogen-bond donors (Lipinski definition) is 1. The van der Waals surface area contributed by atoms with Gasteiger partial charge >= 0.3 is 0 Å². The van der Waals surface area contributed by atoms with Gasteiger partial charge < -0.3 is 15.1 Å². The molecule has 0 unspecified atom stereocenters. The molecule has 6 heteroatoms. The lowest BCUT2D eigenvalue weighted by Gasteiger charge is -2.37. The number of rotatable bonds is 4. The maximum Gasteiger partial charge on any atom is 0.253 e. The summed E-state index contributed by atoms with van der Waals surface area (Å²) in [5.74, 6) is -0.228. The first-order valence-corrected chi connectivity index (χ1v) is 10.7. The Bertz CT molecular complexity index is 810. The number of aromatic nitrogens is 1. The fraction of sp³-hybridized carbons (Fsp3) is 0.478. The first kappa shape index (κ1) is 19.7. The van der Waals surface area contributed by atoms with Gasteiger partial charge in [-0.15, -0.1) is 0 Å². The molecular formula is C23H29FN4O. The Morgan fingerprint density at radius 2 is 1.52 bits per heavy atom. The minimum atomic E-state index is -0.211. The van der Waals surface area contributed by atoms with Crippen LogP contribution in [0.2, 0.25) is 0 Å². The number of benzene rings is 1. The Labute approximate surface area is 171 Å². The van der Waals surface area contributed by atoms with Gasteiger partial charge in [-0.25, -0.2) is 4.39 Å². The second-order valence-electron chi connectivity index (χ2n) is 8.04. The van der Waals surface area contributed by atoms with Crippen LogP contribution in [0.4, 0.5) is 15.8 Å². The average molecular weight is 397 g/mol. The summed E-state index contributed by atoms with van der Waals surface area (Å²) >= 11 is 0. The average Bonchev–Trinajstić information content (AvgIpc) is 3.03. The van der Waals surface area contributed by atoms with Crippen molar-refractivity contribution in [2.45, 2.75) is 44.6 Å². The van der Waals surface area contributed by atoms with Gasteiger partial charge in [-0.05, 0) is 43.2 Å². The SMILES string of the molecule is O=C(NC1CCCCCC1)c1cncc(N2CCN(c3ccc(F)cc3)CC2)c1. The summed E-state index contributed by atoms with van der Waals surface area (Å²) in [6.07, 6.45) is 10.6. The first-order chi connectivity index (χ1) is 14.2. The molecule has 154 valence electrons. The lowest BCUT2D eigenvalue weighted by molar-refractivity contribution is 0.0933. The molecular weight excluding hydrogens is 367 g/mol. The summed E-state index contributed by atoms with van der Waals surface area (Å²) in [4.78, 5) is 21.6. The summed E-state index contributed by atoms with van der Waals surface area (Å²) in [6.45, 7) is 3.38. The number of nitrogens with one attached hydrogen (secondary N) is 1. The number of amides is 1. The van der Waals surface area contributed by atoms with E-state index < -0.39 is 0 Å². The van der Waals surface area contributed by atoms with Crippen LogP contribution in [0.15, 0.2) is 42.7 Å². The molecule has 5 nitrogen and oxygen atoms in total. The van der Waals surface area contributed by atoms with Crippen LogP contribution in [0, 0.1) is 5.82 Å². The second-order valence-corrected chi connectivity index (χ2v) is 8.04. The maximum absolute atomic E-state index is 13.1. The van der Waals surface area contributed by atoms with Gasteiger partial charge in [-0.3, -0.25) is 9.78 Å². The topological polar surface area (TPSA) is 48.5 Å². The van der Waals surface area contributed by atoms with Crippen molar-refractivity contribution in [3.8, 4) is 0 Å². The Hall–Kier alpha value is -2.63. The van der Waals surface area contributed by atoms with E-state index in [0.29, 0.717) is 5.56 Å². The van der Waals surface area contributed by atoms with E-state index in [1.165, 1.54) is 37.8 Å². The van der Waals surface area contributed by atoms with Crippen molar-refractivity contribution in [2.75, 3.05) is 36.0 Å². The number of nitrogens with zero attached hydrogens (tertiary/aromatic N) is 3. The third-order valence-electron chi connectivity index (χ3n) is 6.01. The van der Waals surface area contributed by atoms with Gasteiger partial charge in [0.1, 0.15) is 5.82 Å². The van der Waals surface area contributed by atoms with Crippen molar-refractivity contribution in [2.24, 2.45) is 0 Å². The maximum atomic E-state index is 13.1. The smallest absolute Gasteiger partial charge is 0.253 e. The molecule has 1 aromatic carbocycles. The van der Waals surface area contributed by atoms with E-state index in [1.807, 2.05) is 24.4 Å². The van der Waals surface area contributed by atoms with E-state index in [1.54, 1.807) is 6.20 Å². The molecule has 2 aliphatic rings. The van der Waals surface area contributed by atoms with Crippen molar-refractivity contribution in [3.05, 3.63) is 54.1 Å². The third-order valence-corrected chi connectivity index (χ3v) is 6.01. The third kappa shape index (κ3) is 5.05. The van der Waals surface area contributed by atoms with Gasteiger partial charge in [-0.2, -0.15) is 0 Å². The molecule has 1 aromatic heterocycles. The Kier molecular flexibility index (Phi) is 6.27. The zero-order chi connectivity index (χ0) is 20.1. The number of carbonyl (C=O) groups is 1. The normalized spacial score (nSPS) is 18.4. The molecule has 2 heterocycles. The van der Waals surface area contributed by atoms with E-state index >= 15 is 0 Å². The molecule has 1 saturated carbocycles. The van der Waals surface area contributed by atoms with Crippen molar-refractivity contribution in [1.29, 1.82) is 0 Å². The predicted molar refractivity (Wildman–Crippen MR) is 114 cm³/mol. The molecule has 2 aromatic rings. The zero-order valence-electron chi connectivity index (χ0n) is 16.8. The number of hydrogen-bond acceptors (Lipinski definition) is 4. The van der Waals surface area contributed by atoms with Crippen LogP contribution in [0.25, 0.3) is 0 Å². The first-order valence-electron chi connectivity index (χ1n) is 10.7. The van der Waals surface area contributed by atoms with Crippen molar-refractivity contribution < 1.29 is 9.18 Å². The number of halogens is 1. The molecule has 1 saturated heterocycles. The van der Waals surface area contributed by atoms with Crippen LogP contribution in [-0.4, -0.2) is 43.1 Å². The molecule has 2 fully saturated rings. The van der Waals surface area contributed by atoms with E-state index in [9.17, 15) is 9.18 Å². The highest BCUT2D eigenvalue weighted by molar-refractivity contribution is 5.95. The molecule has 0 bridgehead atoms. The minimum absolute atomic E-state index is 0.0174. The lowest BCUT2D eigenvalue weighted by Crippen LogP contribution is -2.46. The zero-order valence-corrected chi connectivity index (χ0v) is 16.8. The van der Waals surface area contributed by atoms with Gasteiger partial charge in [0.25, 0.3) is 5.91 Å². The van der Waals surface area contributed by atoms with Gasteiger partial charge in [0.05, 0.1) is 17.4 Å². The van der Waals surface area contributed by atoms with Crippen molar-refractivity contribution in [1.82, 2.24) is 10.3 Å². The fourth-order valence-electron chi connectivity index (χ4n) is 4.29. The van der Waals surface area contributed by atoms with Gasteiger partial charge in [-0.1, -0.05) is 25.7 Å². The molecule has 29 heavy (non-hydrogen) atoms. The highest BCUT2D eigenvalue weighted by atomic mass is 19.1. The second kappa shape index (κ2) is 9.25. The largest absolute Gasteiger partial charge is 0.368 e. The lowest BCUT2D eigenvalue weighted by atomic mass is 10.1. The number of piperazine rings is 1. The minimum Gasteiger partial charge on any atom is -0.368 e. The van der Waals surface area contributed by atoms with Gasteiger partial charge in [0.15, 0.2) is 0 Å². The molecule has 1 N–H and O–H groups in total. The molecule has 0 atom stereocenters. The molecule has 1 aliphatic carbocycles. The van der Waals surface area contributed by atoms with Crippen LogP contribution in [0.5, 0.6) is 0 Å². The fourth-order valence-corrected chi connectivity index (χ4v) is 4.29. The summed E-state index contributed by atoms with van der Waals surface area (Å²) in [5, 5.41) is 3.20. The van der Waals surface area contributed by atoms with Crippen LogP contribution in [-0.2, 0) is 0 Å². The Morgan fingerprint density at radius 1 is 0.897 bits per heavy atom. The van der Waals surface area contributed by atoms with E-state index in [0.717, 1.165) is 50.4 Å². The molecule has 0 radical (unpaired) electrons. The Morgan fingerprint density at radius 3 is 2.17 bits per heavy atom. The number of carbonyl (C=O) groups excluding carboxylic acids is 1. The highest BCUT2D eigenvalue weighted by Gasteiger charge is 2.20. The highest BCUT2D eigenvalue weighted by Crippen LogP contribution is 2.22. The number of anilines is 2. The Balaban J connectivity index is 1.36. The van der Waals surface area contributed by atoms with Crippen LogP contribution in [0.1, 0.15) is 48.9 Å². The van der Waals surface area contributed by atoms with E-state index in [2.05, 4.69) is 20.1 Å². The standard InChI is InChI=1S/C23H29FN4O/c24-19-7-9-21(10-8-19)27-11-13-28(14-12-27)22-15-18(16-25-17-22)23(29)26-20-5-3-1-2-4-6-20/h7-10,15-17,20H,1-6,11-14H2,(H,26,29). The molecule has 0 spiro atoms. The predicted octanol–water partition coefficient (Wildman–Crippen LogP) is 4.00. The summed E-state index contributed by atoms with van der Waals surface area (Å²) in [6, 6.07) is 8.89. The summed E-state index contributed by atoms with van der Waals surface area (Å²) in [7, 11) is 0. The van der Waals surface area contributed by atoms with E-state index in [4.69, 9.17) is 0 Å². The van der Waals surface area contributed by atoms with Crippen molar-refractivity contribution >= 4 is 17.3 Å². The van der Waals surface area contributed by atoms with Crippen LogP contribution < -0.4 is 15.1 Å². The van der Waals surface area contributed by atoms with Gasteiger partial charge in [0.2, 0.25) is 0 Å². The van der Waals surface area contributed by atoms with Crippen molar-refractivity contribution in [3.63, 3.8) is 0 Å². The molecule has 4 rings (SSSR count).